The van der Waals surface area contributed by atoms with E-state index in [2.05, 4.69) is 43.4 Å². The summed E-state index contributed by atoms with van der Waals surface area (Å²) in [6.45, 7) is 4.74. The predicted octanol–water partition coefficient (Wildman–Crippen LogP) is 2.56. The molecule has 0 saturated carbocycles. The van der Waals surface area contributed by atoms with Crippen molar-refractivity contribution in [3.8, 4) is 0 Å². The molecule has 3 N–H and O–H groups in total. The number of nitrogens with one attached hydrogen (secondary N) is 1. The van der Waals surface area contributed by atoms with Crippen LogP contribution in [0.2, 0.25) is 0 Å². The number of rotatable bonds is 8. The topological polar surface area (TPSA) is 55.1 Å². The summed E-state index contributed by atoms with van der Waals surface area (Å²) in [5, 5.41) is 3.02. The fourth-order valence-electron chi connectivity index (χ4n) is 2.01. The Bertz CT molecular complexity index is 373. The first-order chi connectivity index (χ1) is 9.15. The molecule has 1 rings (SSSR count). The van der Waals surface area contributed by atoms with Gasteiger partial charge in [-0.2, -0.15) is 0 Å². The normalized spacial score (nSPS) is 12.2. The number of hydrogen-bond donors (Lipinski definition) is 2. The van der Waals surface area contributed by atoms with Crippen LogP contribution in [0.1, 0.15) is 43.7 Å². The van der Waals surface area contributed by atoms with E-state index < -0.39 is 0 Å². The second kappa shape index (κ2) is 8.70. The number of benzene rings is 1. The molecule has 1 aromatic carbocycles. The lowest BCUT2D eigenvalue weighted by Gasteiger charge is -2.16. The highest BCUT2D eigenvalue weighted by Gasteiger charge is 2.09. The van der Waals surface area contributed by atoms with Crippen molar-refractivity contribution in [1.82, 2.24) is 5.32 Å². The molecule has 0 spiro atoms. The monoisotopic (exact) mass is 262 g/mol. The molecule has 0 bridgehead atoms. The van der Waals surface area contributed by atoms with Gasteiger partial charge < -0.3 is 11.1 Å². The van der Waals surface area contributed by atoms with Gasteiger partial charge >= 0.3 is 0 Å². The van der Waals surface area contributed by atoms with Gasteiger partial charge in [-0.15, -0.1) is 0 Å². The van der Waals surface area contributed by atoms with E-state index in [1.165, 1.54) is 11.1 Å². The van der Waals surface area contributed by atoms with Gasteiger partial charge in [-0.1, -0.05) is 49.6 Å². The van der Waals surface area contributed by atoms with Crippen LogP contribution in [0.15, 0.2) is 24.3 Å². The number of unbranched alkanes of at least 4 members (excludes halogenated alkanes) is 1. The van der Waals surface area contributed by atoms with Crippen molar-refractivity contribution in [1.29, 1.82) is 0 Å². The second-order valence-electron chi connectivity index (χ2n) is 5.13. The highest BCUT2D eigenvalue weighted by Crippen LogP contribution is 2.06. The molecule has 0 aromatic heterocycles. The summed E-state index contributed by atoms with van der Waals surface area (Å²) in [6, 6.07) is 8.46. The lowest BCUT2D eigenvalue weighted by atomic mass is 10.1. The van der Waals surface area contributed by atoms with Crippen LogP contribution < -0.4 is 11.1 Å². The minimum atomic E-state index is 0.104. The van der Waals surface area contributed by atoms with Gasteiger partial charge in [-0.3, -0.25) is 4.79 Å². The van der Waals surface area contributed by atoms with Crippen LogP contribution in [0.3, 0.4) is 0 Å². The third kappa shape index (κ3) is 6.39. The quantitative estimate of drug-likeness (QED) is 0.756. The third-order valence-corrected chi connectivity index (χ3v) is 3.32. The lowest BCUT2D eigenvalue weighted by molar-refractivity contribution is -0.121. The molecule has 106 valence electrons. The molecular weight excluding hydrogens is 236 g/mol. The van der Waals surface area contributed by atoms with Crippen molar-refractivity contribution >= 4 is 5.91 Å². The predicted molar refractivity (Wildman–Crippen MR) is 80.0 cm³/mol. The van der Waals surface area contributed by atoms with E-state index in [1.54, 1.807) is 0 Å². The molecule has 0 fully saturated rings. The average molecular weight is 262 g/mol. The highest BCUT2D eigenvalue weighted by molar-refractivity contribution is 5.76. The largest absolute Gasteiger partial charge is 0.352 e. The Labute approximate surface area is 116 Å². The maximum Gasteiger partial charge on any atom is 0.220 e. The molecule has 3 heteroatoms. The first kappa shape index (κ1) is 15.7. The molecule has 3 nitrogen and oxygen atoms in total. The molecule has 0 heterocycles. The summed E-state index contributed by atoms with van der Waals surface area (Å²) >= 11 is 0. The van der Waals surface area contributed by atoms with Crippen LogP contribution in [-0.4, -0.2) is 18.5 Å². The number of carbonyl (C=O) groups is 1. The summed E-state index contributed by atoms with van der Waals surface area (Å²) < 4.78 is 0. The molecule has 19 heavy (non-hydrogen) atoms. The summed E-state index contributed by atoms with van der Waals surface area (Å²) in [7, 11) is 0. The molecule has 1 unspecified atom stereocenters. The number of aryl methyl sites for hydroxylation is 2. The SMILES string of the molecule is CCCCC(CN)NC(=O)CCc1ccc(C)cc1. The number of carbonyl (C=O) groups excluding carboxylic acids is 1. The van der Waals surface area contributed by atoms with Crippen LogP contribution in [-0.2, 0) is 11.2 Å². The van der Waals surface area contributed by atoms with Gasteiger partial charge in [0.15, 0.2) is 0 Å². The zero-order valence-electron chi connectivity index (χ0n) is 12.1. The third-order valence-electron chi connectivity index (χ3n) is 3.32. The van der Waals surface area contributed by atoms with Crippen LogP contribution in [0.25, 0.3) is 0 Å². The van der Waals surface area contributed by atoms with Crippen molar-refractivity contribution in [2.75, 3.05) is 6.54 Å². The van der Waals surface area contributed by atoms with E-state index in [0.717, 1.165) is 25.7 Å². The van der Waals surface area contributed by atoms with Gasteiger partial charge in [-0.05, 0) is 25.3 Å². The molecule has 0 saturated heterocycles. The minimum absolute atomic E-state index is 0.104. The fourth-order valence-corrected chi connectivity index (χ4v) is 2.01. The maximum atomic E-state index is 11.8. The first-order valence-electron chi connectivity index (χ1n) is 7.20. The van der Waals surface area contributed by atoms with Crippen LogP contribution in [0.4, 0.5) is 0 Å². The van der Waals surface area contributed by atoms with E-state index in [1.807, 2.05) is 0 Å². The summed E-state index contributed by atoms with van der Waals surface area (Å²) in [6.07, 6.45) is 4.54. The van der Waals surface area contributed by atoms with E-state index in [4.69, 9.17) is 5.73 Å². The average Bonchev–Trinajstić information content (AvgIpc) is 2.42. The van der Waals surface area contributed by atoms with Crippen molar-refractivity contribution in [3.63, 3.8) is 0 Å². The van der Waals surface area contributed by atoms with Gasteiger partial charge in [-0.25, -0.2) is 0 Å². The zero-order valence-corrected chi connectivity index (χ0v) is 12.1. The van der Waals surface area contributed by atoms with E-state index in [0.29, 0.717) is 13.0 Å². The second-order valence-corrected chi connectivity index (χ2v) is 5.13. The first-order valence-corrected chi connectivity index (χ1v) is 7.20. The number of amides is 1. The van der Waals surface area contributed by atoms with Crippen LogP contribution >= 0.6 is 0 Å². The highest BCUT2D eigenvalue weighted by atomic mass is 16.1. The smallest absolute Gasteiger partial charge is 0.220 e. The van der Waals surface area contributed by atoms with Crippen molar-refractivity contribution < 1.29 is 4.79 Å². The number of nitrogens with two attached hydrogens (primary N) is 1. The Balaban J connectivity index is 2.32. The Morgan fingerprint density at radius 3 is 2.58 bits per heavy atom. The van der Waals surface area contributed by atoms with E-state index in [9.17, 15) is 4.79 Å². The van der Waals surface area contributed by atoms with Gasteiger partial charge in [0.1, 0.15) is 0 Å². The molecule has 0 aliphatic rings. The summed E-state index contributed by atoms with van der Waals surface area (Å²) in [4.78, 5) is 11.8. The fraction of sp³-hybridized carbons (Fsp3) is 0.562. The van der Waals surface area contributed by atoms with Crippen LogP contribution in [0, 0.1) is 6.92 Å². The number of hydrogen-bond acceptors (Lipinski definition) is 2. The minimum Gasteiger partial charge on any atom is -0.352 e. The van der Waals surface area contributed by atoms with Crippen LogP contribution in [0.5, 0.6) is 0 Å². The molecule has 1 atom stereocenters. The maximum absolute atomic E-state index is 11.8. The van der Waals surface area contributed by atoms with E-state index >= 15 is 0 Å². The van der Waals surface area contributed by atoms with Gasteiger partial charge in [0.05, 0.1) is 0 Å². The van der Waals surface area contributed by atoms with E-state index in [-0.39, 0.29) is 11.9 Å². The lowest BCUT2D eigenvalue weighted by Crippen LogP contribution is -2.40. The Hall–Kier alpha value is -1.35. The molecule has 0 radical (unpaired) electrons. The van der Waals surface area contributed by atoms with Crippen molar-refractivity contribution in [2.45, 2.75) is 52.0 Å². The van der Waals surface area contributed by atoms with Gasteiger partial charge in [0.25, 0.3) is 0 Å². The summed E-state index contributed by atoms with van der Waals surface area (Å²) in [5.41, 5.74) is 8.12. The molecule has 0 aliphatic heterocycles. The standard InChI is InChI=1S/C16H26N2O/c1-3-4-5-15(12-17)18-16(19)11-10-14-8-6-13(2)7-9-14/h6-9,15H,3-5,10-12,17H2,1-2H3,(H,18,19). The zero-order chi connectivity index (χ0) is 14.1. The molecule has 1 amide bonds. The Kier molecular flexibility index (Phi) is 7.19. The molecule has 1 aromatic rings. The molecule has 0 aliphatic carbocycles. The van der Waals surface area contributed by atoms with Crippen molar-refractivity contribution in [2.24, 2.45) is 5.73 Å². The Morgan fingerprint density at radius 1 is 1.32 bits per heavy atom. The van der Waals surface area contributed by atoms with Crippen molar-refractivity contribution in [3.05, 3.63) is 35.4 Å². The Morgan fingerprint density at radius 2 is 2.00 bits per heavy atom. The van der Waals surface area contributed by atoms with Gasteiger partial charge in [0, 0.05) is 19.0 Å². The summed E-state index contributed by atoms with van der Waals surface area (Å²) in [5.74, 6) is 0.104. The molecular formula is C16H26N2O. The van der Waals surface area contributed by atoms with Gasteiger partial charge in [0.2, 0.25) is 5.91 Å².